The largest absolute Gasteiger partial charge is 0.416 e. The molecule has 0 unspecified atom stereocenters. The molecular formula is C18H18F6N2O3. The highest BCUT2D eigenvalue weighted by atomic mass is 19.4. The molecule has 0 saturated carbocycles. The Morgan fingerprint density at radius 1 is 0.862 bits per heavy atom. The smallest absolute Gasteiger partial charge is 0.291 e. The molecule has 0 aliphatic carbocycles. The molecule has 2 aromatic rings. The number of carbonyl (C=O) groups excluding carboxylic acids is 1. The number of carbonyl (C=O) groups is 1. The van der Waals surface area contributed by atoms with Crippen molar-refractivity contribution in [1.29, 1.82) is 0 Å². The highest BCUT2D eigenvalue weighted by Crippen LogP contribution is 2.33. The van der Waals surface area contributed by atoms with Crippen LogP contribution in [0.2, 0.25) is 0 Å². The Labute approximate surface area is 162 Å². The summed E-state index contributed by atoms with van der Waals surface area (Å²) in [6, 6.07) is 6.21. The van der Waals surface area contributed by atoms with Gasteiger partial charge in [0.1, 0.15) is 0 Å². The Bertz CT molecular complexity index is 866. The lowest BCUT2D eigenvalue weighted by molar-refractivity contribution is -0.138. The average Bonchev–Trinajstić information content (AvgIpc) is 2.58. The van der Waals surface area contributed by atoms with Crippen molar-refractivity contribution in [1.82, 2.24) is 0 Å². The molecule has 0 radical (unpaired) electrons. The number of rotatable bonds is 2. The van der Waals surface area contributed by atoms with E-state index >= 15 is 0 Å². The molecule has 11 heteroatoms. The number of alkyl halides is 6. The van der Waals surface area contributed by atoms with E-state index in [4.69, 9.17) is 5.21 Å². The van der Waals surface area contributed by atoms with Gasteiger partial charge in [-0.2, -0.15) is 31.4 Å². The first-order valence-corrected chi connectivity index (χ1v) is 7.92. The quantitative estimate of drug-likeness (QED) is 0.335. The third-order valence-corrected chi connectivity index (χ3v) is 3.47. The van der Waals surface area contributed by atoms with Gasteiger partial charge in [0.2, 0.25) is 5.91 Å². The summed E-state index contributed by atoms with van der Waals surface area (Å²) in [5.41, 5.74) is 0.593. The first-order valence-electron chi connectivity index (χ1n) is 7.92. The van der Waals surface area contributed by atoms with Crippen LogP contribution in [-0.2, 0) is 17.1 Å². The lowest BCUT2D eigenvalue weighted by atomic mass is 10.1. The fourth-order valence-electron chi connectivity index (χ4n) is 2.24. The number of benzene rings is 2. The zero-order chi connectivity index (χ0) is 22.6. The van der Waals surface area contributed by atoms with E-state index < -0.39 is 29.4 Å². The Morgan fingerprint density at radius 3 is 1.72 bits per heavy atom. The Morgan fingerprint density at radius 2 is 1.31 bits per heavy atom. The van der Waals surface area contributed by atoms with Gasteiger partial charge < -0.3 is 0 Å². The second-order valence-electron chi connectivity index (χ2n) is 6.08. The van der Waals surface area contributed by atoms with Crippen molar-refractivity contribution in [3.05, 3.63) is 58.7 Å². The summed E-state index contributed by atoms with van der Waals surface area (Å²) < 4.78 is 73.8. The van der Waals surface area contributed by atoms with Crippen LogP contribution in [0.5, 0.6) is 0 Å². The SMILES string of the molecule is CC(=O)N(O)c1cc(C)cc(C(F)(F)F)c1.Cc1cc(NO)cc(C(F)(F)F)c1. The normalized spacial score (nSPS) is 11.4. The van der Waals surface area contributed by atoms with Crippen LogP contribution < -0.4 is 10.5 Å². The molecule has 0 spiro atoms. The molecule has 0 saturated heterocycles. The molecule has 3 N–H and O–H groups in total. The molecule has 0 atom stereocenters. The molecule has 0 aliphatic heterocycles. The van der Waals surface area contributed by atoms with Gasteiger partial charge in [-0.05, 0) is 61.4 Å². The monoisotopic (exact) mass is 424 g/mol. The van der Waals surface area contributed by atoms with Crippen LogP contribution in [0.15, 0.2) is 36.4 Å². The van der Waals surface area contributed by atoms with E-state index in [1.165, 1.54) is 26.0 Å². The van der Waals surface area contributed by atoms with Crippen LogP contribution >= 0.6 is 0 Å². The van der Waals surface area contributed by atoms with Crippen LogP contribution in [0.4, 0.5) is 37.7 Å². The van der Waals surface area contributed by atoms with Gasteiger partial charge in [-0.25, -0.2) is 0 Å². The minimum Gasteiger partial charge on any atom is -0.291 e. The second kappa shape index (κ2) is 9.14. The predicted molar refractivity (Wildman–Crippen MR) is 92.7 cm³/mol. The van der Waals surface area contributed by atoms with Crippen molar-refractivity contribution in [2.45, 2.75) is 33.1 Å². The highest BCUT2D eigenvalue weighted by molar-refractivity contribution is 5.89. The second-order valence-corrected chi connectivity index (χ2v) is 6.08. The highest BCUT2D eigenvalue weighted by Gasteiger charge is 2.32. The summed E-state index contributed by atoms with van der Waals surface area (Å²) in [5.74, 6) is -0.751. The molecule has 0 aromatic heterocycles. The van der Waals surface area contributed by atoms with Crippen molar-refractivity contribution >= 4 is 17.3 Å². The van der Waals surface area contributed by atoms with E-state index in [0.29, 0.717) is 17.2 Å². The summed E-state index contributed by atoms with van der Waals surface area (Å²) >= 11 is 0. The summed E-state index contributed by atoms with van der Waals surface area (Å²) in [7, 11) is 0. The van der Waals surface area contributed by atoms with E-state index in [-0.39, 0.29) is 16.4 Å². The van der Waals surface area contributed by atoms with Crippen molar-refractivity contribution in [2.24, 2.45) is 0 Å². The molecule has 2 aromatic carbocycles. The molecule has 1 amide bonds. The third kappa shape index (κ3) is 7.27. The van der Waals surface area contributed by atoms with Crippen molar-refractivity contribution < 1.29 is 41.6 Å². The van der Waals surface area contributed by atoms with Crippen LogP contribution in [-0.4, -0.2) is 16.3 Å². The fraction of sp³-hybridized carbons (Fsp3) is 0.278. The number of hydrogen-bond acceptors (Lipinski definition) is 4. The predicted octanol–water partition coefficient (Wildman–Crippen LogP) is 5.57. The Kier molecular flexibility index (Phi) is 7.64. The van der Waals surface area contributed by atoms with Gasteiger partial charge >= 0.3 is 12.4 Å². The summed E-state index contributed by atoms with van der Waals surface area (Å²) in [4.78, 5) is 10.8. The van der Waals surface area contributed by atoms with Gasteiger partial charge in [-0.1, -0.05) is 0 Å². The van der Waals surface area contributed by atoms with E-state index in [2.05, 4.69) is 0 Å². The maximum Gasteiger partial charge on any atom is 0.416 e. The van der Waals surface area contributed by atoms with E-state index in [9.17, 15) is 36.3 Å². The fourth-order valence-corrected chi connectivity index (χ4v) is 2.24. The lowest BCUT2D eigenvalue weighted by Crippen LogP contribution is -2.24. The maximum atomic E-state index is 12.4. The van der Waals surface area contributed by atoms with Crippen LogP contribution in [0, 0.1) is 13.8 Å². The summed E-state index contributed by atoms with van der Waals surface area (Å²) in [6.45, 7) is 4.03. The Balaban J connectivity index is 0.000000296. The molecule has 2 rings (SSSR count). The zero-order valence-corrected chi connectivity index (χ0v) is 15.5. The number of aryl methyl sites for hydroxylation is 2. The van der Waals surface area contributed by atoms with E-state index in [1.807, 2.05) is 0 Å². The number of amides is 1. The molecule has 0 fully saturated rings. The van der Waals surface area contributed by atoms with E-state index in [0.717, 1.165) is 25.1 Å². The summed E-state index contributed by atoms with van der Waals surface area (Å²) in [6.07, 6.45) is -8.88. The number of nitrogens with zero attached hydrogens (tertiary/aromatic N) is 1. The van der Waals surface area contributed by atoms with Gasteiger partial charge in [0.05, 0.1) is 22.5 Å². The number of nitrogens with one attached hydrogen (secondary N) is 1. The molecule has 160 valence electrons. The maximum absolute atomic E-state index is 12.4. The van der Waals surface area contributed by atoms with Crippen molar-refractivity contribution in [2.75, 3.05) is 10.5 Å². The molecule has 5 nitrogen and oxygen atoms in total. The van der Waals surface area contributed by atoms with Crippen LogP contribution in [0.3, 0.4) is 0 Å². The zero-order valence-electron chi connectivity index (χ0n) is 15.5. The van der Waals surface area contributed by atoms with Gasteiger partial charge in [0.15, 0.2) is 0 Å². The van der Waals surface area contributed by atoms with Gasteiger partial charge in [-0.15, -0.1) is 0 Å². The number of anilines is 2. The minimum absolute atomic E-state index is 0.0346. The topological polar surface area (TPSA) is 72.8 Å². The first kappa shape index (κ1) is 24.2. The lowest BCUT2D eigenvalue weighted by Gasteiger charge is -2.16. The summed E-state index contributed by atoms with van der Waals surface area (Å²) in [5, 5.41) is 17.8. The van der Waals surface area contributed by atoms with Crippen molar-refractivity contribution in [3.8, 4) is 0 Å². The van der Waals surface area contributed by atoms with E-state index in [1.54, 1.807) is 5.48 Å². The number of halogens is 6. The van der Waals surface area contributed by atoms with Crippen LogP contribution in [0.25, 0.3) is 0 Å². The number of hydroxylamine groups is 1. The standard InChI is InChI=1S/C10H10F3NO2.C8H8F3NO/c1-6-3-8(10(11,12)13)5-9(4-6)14(16)7(2)15;1-5-2-6(8(9,10)11)4-7(3-5)12-13/h3-5,16H,1-2H3;2-4,12-13H,1H3. The van der Waals surface area contributed by atoms with Gasteiger partial charge in [0, 0.05) is 6.92 Å². The number of hydrogen-bond donors (Lipinski definition) is 3. The third-order valence-electron chi connectivity index (χ3n) is 3.47. The molecule has 0 bridgehead atoms. The average molecular weight is 424 g/mol. The van der Waals surface area contributed by atoms with Gasteiger partial charge in [-0.3, -0.25) is 20.7 Å². The Hall–Kier alpha value is -2.79. The molecule has 29 heavy (non-hydrogen) atoms. The van der Waals surface area contributed by atoms with Crippen LogP contribution in [0.1, 0.15) is 29.2 Å². The molecule has 0 aliphatic rings. The molecular weight excluding hydrogens is 406 g/mol. The first-order chi connectivity index (χ1) is 13.1. The van der Waals surface area contributed by atoms with Gasteiger partial charge in [0.25, 0.3) is 0 Å². The molecule has 0 heterocycles. The van der Waals surface area contributed by atoms with Crippen molar-refractivity contribution in [3.63, 3.8) is 0 Å². The minimum atomic E-state index is -4.50.